The number of phenols is 1. The summed E-state index contributed by atoms with van der Waals surface area (Å²) in [5.41, 5.74) is 3.90. The first-order valence-electron chi connectivity index (χ1n) is 7.89. The lowest BCUT2D eigenvalue weighted by Crippen LogP contribution is -2.16. The summed E-state index contributed by atoms with van der Waals surface area (Å²) < 4.78 is 0. The van der Waals surface area contributed by atoms with Crippen LogP contribution in [0.2, 0.25) is 0 Å². The van der Waals surface area contributed by atoms with Crippen molar-refractivity contribution in [2.24, 2.45) is 4.99 Å². The molecule has 0 unspecified atom stereocenters. The Morgan fingerprint density at radius 3 is 2.05 bits per heavy atom. The van der Waals surface area contributed by atoms with E-state index in [-0.39, 0.29) is 10.8 Å². The van der Waals surface area contributed by atoms with Gasteiger partial charge in [0.1, 0.15) is 11.4 Å². The minimum atomic E-state index is -0.103. The fraction of sp³-hybridized carbons (Fsp3) is 0.632. The van der Waals surface area contributed by atoms with Gasteiger partial charge in [-0.2, -0.15) is 0 Å². The Hall–Kier alpha value is -1.31. The van der Waals surface area contributed by atoms with Gasteiger partial charge in [-0.3, -0.25) is 4.99 Å². The van der Waals surface area contributed by atoms with Gasteiger partial charge < -0.3 is 5.11 Å². The zero-order valence-corrected chi connectivity index (χ0v) is 15.0. The maximum atomic E-state index is 10.6. The molecular formula is C19H31NO. The molecule has 0 heterocycles. The van der Waals surface area contributed by atoms with Gasteiger partial charge in [0.2, 0.25) is 0 Å². The monoisotopic (exact) mass is 289 g/mol. The van der Waals surface area contributed by atoms with Crippen LogP contribution in [-0.2, 0) is 10.8 Å². The van der Waals surface area contributed by atoms with Crippen LogP contribution in [0.5, 0.6) is 5.75 Å². The third-order valence-corrected chi connectivity index (χ3v) is 3.69. The molecule has 0 amide bonds. The number of hydrogen-bond donors (Lipinski definition) is 1. The molecule has 0 aliphatic carbocycles. The third-order valence-electron chi connectivity index (χ3n) is 3.69. The highest BCUT2D eigenvalue weighted by molar-refractivity contribution is 5.85. The van der Waals surface area contributed by atoms with Crippen LogP contribution in [0, 0.1) is 0 Å². The first kappa shape index (κ1) is 17.7. The molecule has 0 atom stereocenters. The Morgan fingerprint density at radius 2 is 1.62 bits per heavy atom. The van der Waals surface area contributed by atoms with Gasteiger partial charge in [0, 0.05) is 11.3 Å². The van der Waals surface area contributed by atoms with E-state index in [0.29, 0.717) is 11.4 Å². The number of nitrogens with zero attached hydrogens (tertiary/aromatic N) is 1. The number of hydrogen-bond acceptors (Lipinski definition) is 2. The largest absolute Gasteiger partial charge is 0.505 e. The van der Waals surface area contributed by atoms with Crippen LogP contribution in [0.3, 0.4) is 0 Å². The Kier molecular flexibility index (Phi) is 5.25. The molecule has 0 fully saturated rings. The Labute approximate surface area is 130 Å². The molecule has 1 aromatic carbocycles. The number of phenolic OH excluding ortho intramolecular Hbond substituents is 1. The van der Waals surface area contributed by atoms with Gasteiger partial charge in [-0.25, -0.2) is 0 Å². The summed E-state index contributed by atoms with van der Waals surface area (Å²) in [7, 11) is 0. The van der Waals surface area contributed by atoms with E-state index in [1.165, 1.54) is 5.56 Å². The van der Waals surface area contributed by atoms with E-state index >= 15 is 0 Å². The predicted octanol–water partition coefficient (Wildman–Crippen LogP) is 5.88. The van der Waals surface area contributed by atoms with Crippen LogP contribution in [-0.4, -0.2) is 10.8 Å². The van der Waals surface area contributed by atoms with E-state index in [9.17, 15) is 5.11 Å². The van der Waals surface area contributed by atoms with E-state index in [1.54, 1.807) is 0 Å². The number of aromatic hydroxyl groups is 1. The van der Waals surface area contributed by atoms with Gasteiger partial charge in [-0.15, -0.1) is 0 Å². The van der Waals surface area contributed by atoms with Crippen LogP contribution in [0.25, 0.3) is 0 Å². The van der Waals surface area contributed by atoms with Crippen molar-refractivity contribution in [3.05, 3.63) is 23.3 Å². The summed E-state index contributed by atoms with van der Waals surface area (Å²) in [5.74, 6) is 0.325. The van der Waals surface area contributed by atoms with E-state index in [4.69, 9.17) is 0 Å². The van der Waals surface area contributed by atoms with E-state index in [2.05, 4.69) is 59.5 Å². The molecule has 1 rings (SSSR count). The molecule has 2 heteroatoms. The van der Waals surface area contributed by atoms with Crippen molar-refractivity contribution in [2.45, 2.75) is 79.1 Å². The predicted molar refractivity (Wildman–Crippen MR) is 93.2 cm³/mol. The second-order valence-corrected chi connectivity index (χ2v) is 7.99. The standard InChI is InChI=1S/C19H31NO/c1-9-10-13(2)20-16-12-14(18(3,4)5)11-15(17(16)21)19(6,7)8/h11-12,21H,9-10H2,1-8H3. The summed E-state index contributed by atoms with van der Waals surface area (Å²) >= 11 is 0. The zero-order valence-electron chi connectivity index (χ0n) is 15.0. The summed E-state index contributed by atoms with van der Waals surface area (Å²) in [6, 6.07) is 4.16. The molecule has 21 heavy (non-hydrogen) atoms. The van der Waals surface area contributed by atoms with Crippen LogP contribution in [0.15, 0.2) is 17.1 Å². The molecule has 0 aromatic heterocycles. The van der Waals surface area contributed by atoms with Crippen molar-refractivity contribution in [1.82, 2.24) is 0 Å². The van der Waals surface area contributed by atoms with Crippen molar-refractivity contribution in [2.75, 3.05) is 0 Å². The molecule has 0 bridgehead atoms. The highest BCUT2D eigenvalue weighted by Crippen LogP contribution is 2.41. The van der Waals surface area contributed by atoms with Crippen LogP contribution >= 0.6 is 0 Å². The molecule has 0 aliphatic heterocycles. The SMILES string of the molecule is CCCC(C)=Nc1cc(C(C)(C)C)cc(C(C)(C)C)c1O. The number of aliphatic imine (C=N–C) groups is 1. The summed E-state index contributed by atoms with van der Waals surface area (Å²) in [6.45, 7) is 17.1. The molecule has 0 radical (unpaired) electrons. The lowest BCUT2D eigenvalue weighted by Gasteiger charge is -2.26. The Balaban J connectivity index is 3.53. The van der Waals surface area contributed by atoms with Crippen molar-refractivity contribution >= 4 is 11.4 Å². The Morgan fingerprint density at radius 1 is 1.05 bits per heavy atom. The summed E-state index contributed by atoms with van der Waals surface area (Å²) in [6.07, 6.45) is 2.03. The van der Waals surface area contributed by atoms with E-state index in [0.717, 1.165) is 24.1 Å². The first-order valence-corrected chi connectivity index (χ1v) is 7.89. The fourth-order valence-corrected chi connectivity index (χ4v) is 2.33. The maximum Gasteiger partial charge on any atom is 0.144 e. The molecule has 0 spiro atoms. The van der Waals surface area contributed by atoms with E-state index in [1.807, 2.05) is 13.0 Å². The molecule has 0 aliphatic rings. The van der Waals surface area contributed by atoms with Crippen molar-refractivity contribution in [3.8, 4) is 5.75 Å². The topological polar surface area (TPSA) is 32.6 Å². The van der Waals surface area contributed by atoms with Crippen molar-refractivity contribution in [3.63, 3.8) is 0 Å². The zero-order chi connectivity index (χ0) is 16.4. The molecule has 1 aromatic rings. The average Bonchev–Trinajstić information content (AvgIpc) is 2.28. The maximum absolute atomic E-state index is 10.6. The first-order chi connectivity index (χ1) is 9.46. The van der Waals surface area contributed by atoms with Gasteiger partial charge >= 0.3 is 0 Å². The van der Waals surface area contributed by atoms with Gasteiger partial charge in [0.15, 0.2) is 0 Å². The molecule has 0 saturated heterocycles. The highest BCUT2D eigenvalue weighted by Gasteiger charge is 2.24. The summed E-state index contributed by atoms with van der Waals surface area (Å²) in [4.78, 5) is 4.66. The van der Waals surface area contributed by atoms with Crippen molar-refractivity contribution < 1.29 is 5.11 Å². The fourth-order valence-electron chi connectivity index (χ4n) is 2.33. The number of benzene rings is 1. The van der Waals surface area contributed by atoms with Gasteiger partial charge in [-0.1, -0.05) is 61.0 Å². The quantitative estimate of drug-likeness (QED) is 0.692. The van der Waals surface area contributed by atoms with Gasteiger partial charge in [0.05, 0.1) is 0 Å². The van der Waals surface area contributed by atoms with Crippen molar-refractivity contribution in [1.29, 1.82) is 0 Å². The van der Waals surface area contributed by atoms with Crippen LogP contribution in [0.1, 0.15) is 79.4 Å². The second kappa shape index (κ2) is 6.21. The van der Waals surface area contributed by atoms with E-state index < -0.39 is 0 Å². The number of rotatable bonds is 3. The third kappa shape index (κ3) is 4.59. The molecule has 118 valence electrons. The Bertz CT molecular complexity index is 528. The molecule has 1 N–H and O–H groups in total. The minimum Gasteiger partial charge on any atom is -0.505 e. The molecular weight excluding hydrogens is 258 g/mol. The van der Waals surface area contributed by atoms with Crippen LogP contribution < -0.4 is 0 Å². The van der Waals surface area contributed by atoms with Crippen LogP contribution in [0.4, 0.5) is 5.69 Å². The lowest BCUT2D eigenvalue weighted by molar-refractivity contribution is 0.446. The van der Waals surface area contributed by atoms with Gasteiger partial charge in [-0.05, 0) is 35.8 Å². The lowest BCUT2D eigenvalue weighted by atomic mass is 9.80. The second-order valence-electron chi connectivity index (χ2n) is 7.99. The average molecular weight is 289 g/mol. The molecule has 2 nitrogen and oxygen atoms in total. The smallest absolute Gasteiger partial charge is 0.144 e. The minimum absolute atomic E-state index is 0.0383. The normalized spacial score (nSPS) is 13.6. The summed E-state index contributed by atoms with van der Waals surface area (Å²) in [5, 5.41) is 10.6. The molecule has 0 saturated carbocycles. The van der Waals surface area contributed by atoms with Gasteiger partial charge in [0.25, 0.3) is 0 Å². The highest BCUT2D eigenvalue weighted by atomic mass is 16.3.